The average Bonchev–Trinajstić information content (AvgIpc) is 3.18. The first-order valence-electron chi connectivity index (χ1n) is 7.39. The summed E-state index contributed by atoms with van der Waals surface area (Å²) in [5.74, 6) is 0.0771. The largest absolute Gasteiger partial charge is 0.354 e. The van der Waals surface area contributed by atoms with E-state index in [0.29, 0.717) is 19.0 Å². The van der Waals surface area contributed by atoms with Crippen molar-refractivity contribution in [1.29, 1.82) is 0 Å². The first-order valence-corrected chi connectivity index (χ1v) is 9.07. The van der Waals surface area contributed by atoms with E-state index in [1.165, 1.54) is 0 Å². The highest BCUT2D eigenvalue weighted by Crippen LogP contribution is 2.26. The Morgan fingerprint density at radius 1 is 1.41 bits per heavy atom. The molecule has 116 valence electrons. The number of thiazole rings is 1. The lowest BCUT2D eigenvalue weighted by Gasteiger charge is -2.24. The lowest BCUT2D eigenvalue weighted by Crippen LogP contribution is -2.40. The van der Waals surface area contributed by atoms with Gasteiger partial charge in [0.2, 0.25) is 5.91 Å². The Morgan fingerprint density at radius 3 is 2.95 bits per heavy atom. The van der Waals surface area contributed by atoms with Gasteiger partial charge in [-0.15, -0.1) is 11.3 Å². The van der Waals surface area contributed by atoms with Crippen molar-refractivity contribution in [3.63, 3.8) is 0 Å². The number of rotatable bonds is 5. The number of nitrogens with one attached hydrogen (secondary N) is 1. The van der Waals surface area contributed by atoms with E-state index in [-0.39, 0.29) is 5.91 Å². The van der Waals surface area contributed by atoms with Crippen LogP contribution in [0.5, 0.6) is 0 Å². The molecule has 1 N–H and O–H groups in total. The molecule has 0 radical (unpaired) electrons. The summed E-state index contributed by atoms with van der Waals surface area (Å²) < 4.78 is 1.03. The van der Waals surface area contributed by atoms with Crippen molar-refractivity contribution in [3.05, 3.63) is 45.9 Å². The molecule has 3 rings (SSSR count). The average molecular weight is 380 g/mol. The highest BCUT2D eigenvalue weighted by Gasteiger charge is 2.26. The van der Waals surface area contributed by atoms with Crippen LogP contribution in [0.2, 0.25) is 0 Å². The maximum absolute atomic E-state index is 12.1. The molecule has 1 fully saturated rings. The number of hydrogen-bond donors (Lipinski definition) is 1. The van der Waals surface area contributed by atoms with Crippen LogP contribution in [0.3, 0.4) is 0 Å². The topological polar surface area (TPSA) is 45.2 Å². The third-order valence-corrected chi connectivity index (χ3v) is 5.19. The molecule has 1 unspecified atom stereocenters. The SMILES string of the molecule is O=C(Cc1ccc(Br)cc1)NCC1CCCN1c1nccs1. The Hall–Kier alpha value is -1.40. The molecule has 1 aromatic carbocycles. The van der Waals surface area contributed by atoms with Crippen LogP contribution in [-0.2, 0) is 11.2 Å². The minimum absolute atomic E-state index is 0.0771. The number of aromatic nitrogens is 1. The number of nitrogens with zero attached hydrogens (tertiary/aromatic N) is 2. The van der Waals surface area contributed by atoms with E-state index in [2.05, 4.69) is 31.1 Å². The zero-order valence-electron chi connectivity index (χ0n) is 12.2. The Morgan fingerprint density at radius 2 is 2.23 bits per heavy atom. The maximum atomic E-state index is 12.1. The molecule has 1 aliphatic rings. The molecule has 1 saturated heterocycles. The van der Waals surface area contributed by atoms with E-state index in [1.54, 1.807) is 11.3 Å². The minimum atomic E-state index is 0.0771. The van der Waals surface area contributed by atoms with Crippen LogP contribution in [0, 0.1) is 0 Å². The maximum Gasteiger partial charge on any atom is 0.224 e. The standard InChI is InChI=1S/C16H18BrN3OS/c17-13-5-3-12(4-6-13)10-15(21)19-11-14-2-1-8-20(14)16-18-7-9-22-16/h3-7,9,14H,1-2,8,10-11H2,(H,19,21). The molecular formula is C16H18BrN3OS. The molecule has 1 aliphatic heterocycles. The van der Waals surface area contributed by atoms with Gasteiger partial charge in [0, 0.05) is 35.2 Å². The smallest absolute Gasteiger partial charge is 0.224 e. The number of carbonyl (C=O) groups is 1. The van der Waals surface area contributed by atoms with Crippen molar-refractivity contribution in [2.75, 3.05) is 18.0 Å². The minimum Gasteiger partial charge on any atom is -0.354 e. The first kappa shape index (κ1) is 15.5. The summed E-state index contributed by atoms with van der Waals surface area (Å²) in [4.78, 5) is 18.8. The van der Waals surface area contributed by atoms with Crippen LogP contribution in [0.15, 0.2) is 40.3 Å². The van der Waals surface area contributed by atoms with Gasteiger partial charge in [-0.25, -0.2) is 4.98 Å². The lowest BCUT2D eigenvalue weighted by atomic mass is 10.1. The fraction of sp³-hybridized carbons (Fsp3) is 0.375. The second-order valence-corrected chi connectivity index (χ2v) is 7.20. The Bertz CT molecular complexity index is 615. The lowest BCUT2D eigenvalue weighted by molar-refractivity contribution is -0.120. The molecule has 2 aromatic rings. The first-order chi connectivity index (χ1) is 10.7. The van der Waals surface area contributed by atoms with Gasteiger partial charge in [0.15, 0.2) is 5.13 Å². The molecule has 0 saturated carbocycles. The summed E-state index contributed by atoms with van der Waals surface area (Å²) in [6.07, 6.45) is 4.53. The summed E-state index contributed by atoms with van der Waals surface area (Å²) in [7, 11) is 0. The molecule has 6 heteroatoms. The van der Waals surface area contributed by atoms with Crippen LogP contribution in [-0.4, -0.2) is 30.0 Å². The van der Waals surface area contributed by atoms with Gasteiger partial charge >= 0.3 is 0 Å². The van der Waals surface area contributed by atoms with Crippen LogP contribution in [0.4, 0.5) is 5.13 Å². The van der Waals surface area contributed by atoms with Gasteiger partial charge in [-0.05, 0) is 30.5 Å². The second kappa shape index (κ2) is 7.24. The molecule has 1 aromatic heterocycles. The normalized spacial score (nSPS) is 17.7. The van der Waals surface area contributed by atoms with Crippen molar-refractivity contribution >= 4 is 38.3 Å². The van der Waals surface area contributed by atoms with E-state index in [4.69, 9.17) is 0 Å². The van der Waals surface area contributed by atoms with Gasteiger partial charge in [0.25, 0.3) is 0 Å². The van der Waals surface area contributed by atoms with Crippen molar-refractivity contribution in [3.8, 4) is 0 Å². The number of hydrogen-bond acceptors (Lipinski definition) is 4. The molecule has 4 nitrogen and oxygen atoms in total. The quantitative estimate of drug-likeness (QED) is 0.866. The van der Waals surface area contributed by atoms with Crippen molar-refractivity contribution < 1.29 is 4.79 Å². The third kappa shape index (κ3) is 3.87. The Kier molecular flexibility index (Phi) is 5.10. The molecule has 1 amide bonds. The highest BCUT2D eigenvalue weighted by atomic mass is 79.9. The van der Waals surface area contributed by atoms with Gasteiger partial charge in [0.05, 0.1) is 6.42 Å². The van der Waals surface area contributed by atoms with Gasteiger partial charge in [-0.3, -0.25) is 4.79 Å². The molecule has 22 heavy (non-hydrogen) atoms. The fourth-order valence-electron chi connectivity index (χ4n) is 2.74. The molecule has 0 bridgehead atoms. The number of anilines is 1. The molecule has 0 aliphatic carbocycles. The summed E-state index contributed by atoms with van der Waals surface area (Å²) in [6, 6.07) is 8.23. The van der Waals surface area contributed by atoms with Gasteiger partial charge in [0.1, 0.15) is 0 Å². The number of halogens is 1. The van der Waals surface area contributed by atoms with Crippen molar-refractivity contribution in [2.24, 2.45) is 0 Å². The Balaban J connectivity index is 1.51. The molecule has 0 spiro atoms. The monoisotopic (exact) mass is 379 g/mol. The number of benzene rings is 1. The van der Waals surface area contributed by atoms with E-state index in [1.807, 2.05) is 35.8 Å². The molecular weight excluding hydrogens is 362 g/mol. The van der Waals surface area contributed by atoms with E-state index in [0.717, 1.165) is 34.6 Å². The van der Waals surface area contributed by atoms with E-state index >= 15 is 0 Å². The van der Waals surface area contributed by atoms with E-state index < -0.39 is 0 Å². The molecule has 2 heterocycles. The van der Waals surface area contributed by atoms with Crippen LogP contribution < -0.4 is 10.2 Å². The summed E-state index contributed by atoms with van der Waals surface area (Å²) >= 11 is 5.06. The van der Waals surface area contributed by atoms with E-state index in [9.17, 15) is 4.79 Å². The summed E-state index contributed by atoms with van der Waals surface area (Å²) in [6.45, 7) is 1.72. The summed E-state index contributed by atoms with van der Waals surface area (Å²) in [5.41, 5.74) is 1.03. The zero-order chi connectivity index (χ0) is 15.4. The van der Waals surface area contributed by atoms with Crippen LogP contribution >= 0.6 is 27.3 Å². The number of carbonyl (C=O) groups excluding carboxylic acids is 1. The van der Waals surface area contributed by atoms with Gasteiger partial charge in [-0.2, -0.15) is 0 Å². The fourth-order valence-corrected chi connectivity index (χ4v) is 3.74. The van der Waals surface area contributed by atoms with Crippen LogP contribution in [0.25, 0.3) is 0 Å². The second-order valence-electron chi connectivity index (χ2n) is 5.41. The van der Waals surface area contributed by atoms with Crippen LogP contribution in [0.1, 0.15) is 18.4 Å². The zero-order valence-corrected chi connectivity index (χ0v) is 14.6. The van der Waals surface area contributed by atoms with Gasteiger partial charge in [-0.1, -0.05) is 28.1 Å². The predicted octanol–water partition coefficient (Wildman–Crippen LogP) is 3.23. The summed E-state index contributed by atoms with van der Waals surface area (Å²) in [5, 5.41) is 6.12. The Labute approximate surface area is 142 Å². The van der Waals surface area contributed by atoms with Gasteiger partial charge < -0.3 is 10.2 Å². The number of amides is 1. The molecule has 1 atom stereocenters. The van der Waals surface area contributed by atoms with Crippen molar-refractivity contribution in [1.82, 2.24) is 10.3 Å². The van der Waals surface area contributed by atoms with Crippen molar-refractivity contribution in [2.45, 2.75) is 25.3 Å². The highest BCUT2D eigenvalue weighted by molar-refractivity contribution is 9.10. The predicted molar refractivity (Wildman–Crippen MR) is 93.3 cm³/mol. The third-order valence-electron chi connectivity index (χ3n) is 3.85.